The van der Waals surface area contributed by atoms with E-state index in [1.807, 2.05) is 18.2 Å². The molecule has 2 atom stereocenters. The SMILES string of the molecule is COc1cccc(C2(O)CCCCC23CCN(C)C3)c1. The zero-order valence-electron chi connectivity index (χ0n) is 12.6. The van der Waals surface area contributed by atoms with Gasteiger partial charge in [-0.15, -0.1) is 0 Å². The van der Waals surface area contributed by atoms with Gasteiger partial charge in [-0.05, 0) is 50.6 Å². The largest absolute Gasteiger partial charge is 0.497 e. The minimum absolute atomic E-state index is 0.0202. The van der Waals surface area contributed by atoms with Crippen LogP contribution in [0, 0.1) is 5.41 Å². The van der Waals surface area contributed by atoms with Crippen LogP contribution in [0.2, 0.25) is 0 Å². The van der Waals surface area contributed by atoms with Crippen molar-refractivity contribution in [1.29, 1.82) is 0 Å². The highest BCUT2D eigenvalue weighted by molar-refractivity contribution is 5.35. The highest BCUT2D eigenvalue weighted by Gasteiger charge is 2.55. The zero-order chi connectivity index (χ0) is 14.2. The fourth-order valence-corrected chi connectivity index (χ4v) is 4.27. The van der Waals surface area contributed by atoms with Gasteiger partial charge >= 0.3 is 0 Å². The maximum Gasteiger partial charge on any atom is 0.119 e. The number of aliphatic hydroxyl groups is 1. The number of hydrogen-bond donors (Lipinski definition) is 1. The van der Waals surface area contributed by atoms with E-state index in [9.17, 15) is 5.11 Å². The Hall–Kier alpha value is -1.06. The second kappa shape index (κ2) is 5.05. The number of hydrogen-bond acceptors (Lipinski definition) is 3. The molecule has 0 aromatic heterocycles. The maximum atomic E-state index is 11.5. The summed E-state index contributed by atoms with van der Waals surface area (Å²) in [5.74, 6) is 0.836. The van der Waals surface area contributed by atoms with Crippen molar-refractivity contribution in [2.75, 3.05) is 27.2 Å². The summed E-state index contributed by atoms with van der Waals surface area (Å²) in [6, 6.07) is 8.02. The molecule has 2 fully saturated rings. The third-order valence-electron chi connectivity index (χ3n) is 5.41. The van der Waals surface area contributed by atoms with Crippen molar-refractivity contribution in [2.24, 2.45) is 5.41 Å². The van der Waals surface area contributed by atoms with E-state index in [2.05, 4.69) is 18.0 Å². The minimum Gasteiger partial charge on any atom is -0.497 e. The third-order valence-corrected chi connectivity index (χ3v) is 5.41. The van der Waals surface area contributed by atoms with Crippen LogP contribution >= 0.6 is 0 Å². The van der Waals surface area contributed by atoms with Gasteiger partial charge in [0.2, 0.25) is 0 Å². The Kier molecular flexibility index (Phi) is 3.51. The van der Waals surface area contributed by atoms with Crippen molar-refractivity contribution in [3.8, 4) is 5.75 Å². The number of nitrogens with zero attached hydrogens (tertiary/aromatic N) is 1. The van der Waals surface area contributed by atoms with Crippen LogP contribution in [0.25, 0.3) is 0 Å². The van der Waals surface area contributed by atoms with E-state index in [-0.39, 0.29) is 5.41 Å². The molecule has 1 spiro atoms. The topological polar surface area (TPSA) is 32.7 Å². The second-order valence-corrected chi connectivity index (χ2v) is 6.57. The molecular formula is C17H25NO2. The summed E-state index contributed by atoms with van der Waals surface area (Å²) < 4.78 is 5.34. The molecule has 1 saturated heterocycles. The summed E-state index contributed by atoms with van der Waals surface area (Å²) in [6.45, 7) is 2.09. The first-order valence-corrected chi connectivity index (χ1v) is 7.65. The van der Waals surface area contributed by atoms with Gasteiger partial charge in [0.1, 0.15) is 5.75 Å². The van der Waals surface area contributed by atoms with Gasteiger partial charge in [-0.3, -0.25) is 0 Å². The smallest absolute Gasteiger partial charge is 0.119 e. The predicted octanol–water partition coefficient (Wildman–Crippen LogP) is 2.78. The van der Waals surface area contributed by atoms with Crippen LogP contribution < -0.4 is 4.74 Å². The predicted molar refractivity (Wildman–Crippen MR) is 79.9 cm³/mol. The highest BCUT2D eigenvalue weighted by Crippen LogP contribution is 2.55. The fraction of sp³-hybridized carbons (Fsp3) is 0.647. The maximum absolute atomic E-state index is 11.5. The lowest BCUT2D eigenvalue weighted by molar-refractivity contribution is -0.116. The standard InChI is InChI=1S/C17H25NO2/c1-18-11-10-16(13-18)8-3-4-9-17(16,19)14-6-5-7-15(12-14)20-2/h5-7,12,19H,3-4,8-11,13H2,1-2H3. The molecular weight excluding hydrogens is 250 g/mol. The average molecular weight is 275 g/mol. The molecule has 3 rings (SSSR count). The van der Waals surface area contributed by atoms with Gasteiger partial charge in [-0.2, -0.15) is 0 Å². The van der Waals surface area contributed by atoms with E-state index in [1.54, 1.807) is 7.11 Å². The molecule has 0 radical (unpaired) electrons. The van der Waals surface area contributed by atoms with Crippen LogP contribution in [-0.2, 0) is 5.60 Å². The first-order valence-electron chi connectivity index (χ1n) is 7.65. The zero-order valence-corrected chi connectivity index (χ0v) is 12.6. The summed E-state index contributed by atoms with van der Waals surface area (Å²) >= 11 is 0. The molecule has 2 unspecified atom stereocenters. The highest BCUT2D eigenvalue weighted by atomic mass is 16.5. The lowest BCUT2D eigenvalue weighted by atomic mass is 9.60. The molecule has 110 valence electrons. The first kappa shape index (κ1) is 13.9. The minimum atomic E-state index is -0.704. The summed E-state index contributed by atoms with van der Waals surface area (Å²) in [5, 5.41) is 11.5. The van der Waals surface area contributed by atoms with Crippen molar-refractivity contribution in [3.63, 3.8) is 0 Å². The number of likely N-dealkylation sites (tertiary alicyclic amines) is 1. The van der Waals surface area contributed by atoms with E-state index in [0.717, 1.165) is 50.1 Å². The molecule has 3 nitrogen and oxygen atoms in total. The summed E-state index contributed by atoms with van der Waals surface area (Å²) in [7, 11) is 3.85. The fourth-order valence-electron chi connectivity index (χ4n) is 4.27. The second-order valence-electron chi connectivity index (χ2n) is 6.57. The molecule has 0 amide bonds. The van der Waals surface area contributed by atoms with Crippen LogP contribution in [0.4, 0.5) is 0 Å². The van der Waals surface area contributed by atoms with Crippen LogP contribution in [0.1, 0.15) is 37.7 Å². The van der Waals surface area contributed by atoms with Crippen molar-refractivity contribution in [2.45, 2.75) is 37.7 Å². The van der Waals surface area contributed by atoms with E-state index < -0.39 is 5.60 Å². The molecule has 1 N–H and O–H groups in total. The molecule has 1 aromatic carbocycles. The Morgan fingerprint density at radius 1 is 1.20 bits per heavy atom. The lowest BCUT2D eigenvalue weighted by Gasteiger charge is -2.49. The summed E-state index contributed by atoms with van der Waals surface area (Å²) in [4.78, 5) is 2.36. The van der Waals surface area contributed by atoms with Gasteiger partial charge in [0, 0.05) is 12.0 Å². The summed E-state index contributed by atoms with van der Waals surface area (Å²) in [5.41, 5.74) is 0.351. The monoisotopic (exact) mass is 275 g/mol. The van der Waals surface area contributed by atoms with Crippen LogP contribution in [0.3, 0.4) is 0 Å². The lowest BCUT2D eigenvalue weighted by Crippen LogP contribution is -2.49. The van der Waals surface area contributed by atoms with E-state index >= 15 is 0 Å². The molecule has 1 aromatic rings. The molecule has 2 aliphatic rings. The number of rotatable bonds is 2. The van der Waals surface area contributed by atoms with Gasteiger partial charge < -0.3 is 14.7 Å². The first-order chi connectivity index (χ1) is 9.60. The van der Waals surface area contributed by atoms with Gasteiger partial charge in [0.05, 0.1) is 12.7 Å². The number of ether oxygens (including phenoxy) is 1. The van der Waals surface area contributed by atoms with E-state index in [4.69, 9.17) is 4.74 Å². The van der Waals surface area contributed by atoms with Crippen LogP contribution in [0.5, 0.6) is 5.75 Å². The number of methoxy groups -OCH3 is 1. The molecule has 1 aliphatic carbocycles. The van der Waals surface area contributed by atoms with Gasteiger partial charge in [0.15, 0.2) is 0 Å². The molecule has 20 heavy (non-hydrogen) atoms. The van der Waals surface area contributed by atoms with Gasteiger partial charge in [0.25, 0.3) is 0 Å². The Bertz CT molecular complexity index is 486. The Balaban J connectivity index is 2.02. The van der Waals surface area contributed by atoms with E-state index in [0.29, 0.717) is 0 Å². The Morgan fingerprint density at radius 2 is 2.00 bits per heavy atom. The van der Waals surface area contributed by atoms with Crippen LogP contribution in [-0.4, -0.2) is 37.3 Å². The van der Waals surface area contributed by atoms with Crippen molar-refractivity contribution >= 4 is 0 Å². The van der Waals surface area contributed by atoms with Crippen molar-refractivity contribution < 1.29 is 9.84 Å². The molecule has 1 aliphatic heterocycles. The van der Waals surface area contributed by atoms with Crippen molar-refractivity contribution in [3.05, 3.63) is 29.8 Å². The normalized spacial score (nSPS) is 34.5. The molecule has 0 bridgehead atoms. The Labute approximate surface area is 121 Å². The van der Waals surface area contributed by atoms with E-state index in [1.165, 1.54) is 6.42 Å². The summed E-state index contributed by atoms with van der Waals surface area (Å²) in [6.07, 6.45) is 5.44. The third kappa shape index (κ3) is 2.04. The molecule has 1 heterocycles. The Morgan fingerprint density at radius 3 is 2.70 bits per heavy atom. The van der Waals surface area contributed by atoms with Gasteiger partial charge in [-0.25, -0.2) is 0 Å². The molecule has 1 saturated carbocycles. The van der Waals surface area contributed by atoms with Gasteiger partial charge in [-0.1, -0.05) is 25.0 Å². The molecule has 3 heteroatoms. The quantitative estimate of drug-likeness (QED) is 0.901. The average Bonchev–Trinajstić information content (AvgIpc) is 2.85. The number of benzene rings is 1. The van der Waals surface area contributed by atoms with Crippen molar-refractivity contribution in [1.82, 2.24) is 4.90 Å². The van der Waals surface area contributed by atoms with Crippen LogP contribution in [0.15, 0.2) is 24.3 Å².